The van der Waals surface area contributed by atoms with Crippen molar-refractivity contribution in [1.82, 2.24) is 15.1 Å². The lowest BCUT2D eigenvalue weighted by atomic mass is 10.2. The predicted octanol–water partition coefficient (Wildman–Crippen LogP) is 1.15. The van der Waals surface area contributed by atoms with E-state index in [1.54, 1.807) is 24.3 Å². The molecule has 0 bridgehead atoms. The zero-order valence-corrected chi connectivity index (χ0v) is 17.3. The number of likely N-dealkylation sites (N-methyl/N-ethyl adjacent to an activating group) is 1. The summed E-state index contributed by atoms with van der Waals surface area (Å²) >= 11 is 0. The number of amides is 3. The molecule has 1 aliphatic rings. The summed E-state index contributed by atoms with van der Waals surface area (Å²) in [4.78, 5) is 39.4. The Hall–Kier alpha value is -2.16. The van der Waals surface area contributed by atoms with Gasteiger partial charge in [-0.2, -0.15) is 0 Å². The van der Waals surface area contributed by atoms with E-state index in [1.807, 2.05) is 16.7 Å². The van der Waals surface area contributed by atoms with Gasteiger partial charge in [-0.05, 0) is 30.8 Å². The van der Waals surface area contributed by atoms with Crippen molar-refractivity contribution in [2.75, 3.05) is 56.4 Å². The largest absolute Gasteiger partial charge is 0.340 e. The van der Waals surface area contributed by atoms with Crippen LogP contribution in [0, 0.1) is 0 Å². The molecule has 0 aromatic heterocycles. The molecule has 1 aromatic carbocycles. The summed E-state index contributed by atoms with van der Waals surface area (Å²) in [5.74, 6) is -0.122. The third kappa shape index (κ3) is 8.24. The van der Waals surface area contributed by atoms with Crippen LogP contribution >= 0.6 is 12.4 Å². The fraction of sp³-hybridized carbons (Fsp3) is 0.526. The Kier molecular flexibility index (Phi) is 10.5. The van der Waals surface area contributed by atoms with Crippen molar-refractivity contribution in [3.63, 3.8) is 0 Å². The van der Waals surface area contributed by atoms with Crippen molar-refractivity contribution in [2.24, 2.45) is 0 Å². The molecule has 0 atom stereocenters. The van der Waals surface area contributed by atoms with Crippen LogP contribution in [0.4, 0.5) is 11.4 Å². The molecule has 1 heterocycles. The smallest absolute Gasteiger partial charge is 0.238 e. The van der Waals surface area contributed by atoms with Gasteiger partial charge in [0.25, 0.3) is 0 Å². The number of nitrogens with one attached hydrogen (secondary N) is 3. The number of benzene rings is 1. The number of carbonyl (C=O) groups excluding carboxylic acids is 3. The maximum absolute atomic E-state index is 12.3. The van der Waals surface area contributed by atoms with E-state index >= 15 is 0 Å². The molecular weight excluding hydrogens is 382 g/mol. The van der Waals surface area contributed by atoms with Gasteiger partial charge in [0.1, 0.15) is 0 Å². The number of piperazine rings is 1. The maximum Gasteiger partial charge on any atom is 0.238 e. The predicted molar refractivity (Wildman–Crippen MR) is 113 cm³/mol. The van der Waals surface area contributed by atoms with Crippen LogP contribution in [0.25, 0.3) is 0 Å². The highest BCUT2D eigenvalue weighted by molar-refractivity contribution is 5.93. The van der Waals surface area contributed by atoms with Gasteiger partial charge in [-0.3, -0.25) is 19.3 Å². The Labute approximate surface area is 172 Å². The van der Waals surface area contributed by atoms with E-state index in [0.717, 1.165) is 26.2 Å². The normalized spacial score (nSPS) is 13.6. The molecule has 0 radical (unpaired) electrons. The standard InChI is InChI=1S/C19H29N5O3.ClH/c1-3-23(11-8-19(27)24-12-9-20-10-13-24)14-18(26)22-17-6-4-16(5-7-17)21-15(2)25;/h4-7,20H,3,8-14H2,1-2H3,(H,21,25)(H,22,26);1H. The van der Waals surface area contributed by atoms with E-state index in [0.29, 0.717) is 30.9 Å². The molecule has 3 N–H and O–H groups in total. The SMILES string of the molecule is CCN(CCC(=O)N1CCNCC1)CC(=O)Nc1ccc(NC(C)=O)cc1.Cl. The summed E-state index contributed by atoms with van der Waals surface area (Å²) in [6.07, 6.45) is 0.423. The number of halogens is 1. The summed E-state index contributed by atoms with van der Waals surface area (Å²) < 4.78 is 0. The first-order chi connectivity index (χ1) is 13.0. The van der Waals surface area contributed by atoms with Crippen molar-refractivity contribution in [3.05, 3.63) is 24.3 Å². The first-order valence-electron chi connectivity index (χ1n) is 9.36. The maximum atomic E-state index is 12.3. The molecule has 0 unspecified atom stereocenters. The van der Waals surface area contributed by atoms with E-state index in [4.69, 9.17) is 0 Å². The average molecular weight is 412 g/mol. The van der Waals surface area contributed by atoms with Gasteiger partial charge in [-0.15, -0.1) is 12.4 Å². The molecule has 1 saturated heterocycles. The minimum absolute atomic E-state index is 0. The van der Waals surface area contributed by atoms with Crippen LogP contribution in [0.1, 0.15) is 20.3 Å². The second kappa shape index (κ2) is 12.3. The Balaban J connectivity index is 0.00000392. The quantitative estimate of drug-likeness (QED) is 0.596. The summed E-state index contributed by atoms with van der Waals surface area (Å²) in [6, 6.07) is 6.96. The lowest BCUT2D eigenvalue weighted by Gasteiger charge is -2.28. The van der Waals surface area contributed by atoms with Gasteiger partial charge in [-0.25, -0.2) is 0 Å². The molecule has 156 valence electrons. The third-order valence-electron chi connectivity index (χ3n) is 4.42. The molecule has 1 fully saturated rings. The number of hydrogen-bond donors (Lipinski definition) is 3. The highest BCUT2D eigenvalue weighted by Crippen LogP contribution is 2.13. The third-order valence-corrected chi connectivity index (χ3v) is 4.42. The molecule has 28 heavy (non-hydrogen) atoms. The number of carbonyl (C=O) groups is 3. The molecule has 2 rings (SSSR count). The highest BCUT2D eigenvalue weighted by atomic mass is 35.5. The van der Waals surface area contributed by atoms with E-state index < -0.39 is 0 Å². The highest BCUT2D eigenvalue weighted by Gasteiger charge is 2.17. The molecule has 3 amide bonds. The van der Waals surface area contributed by atoms with Crippen LogP contribution in [0.5, 0.6) is 0 Å². The van der Waals surface area contributed by atoms with Gasteiger partial charge in [-0.1, -0.05) is 6.92 Å². The van der Waals surface area contributed by atoms with E-state index in [9.17, 15) is 14.4 Å². The number of nitrogens with zero attached hydrogens (tertiary/aromatic N) is 2. The minimum atomic E-state index is -0.138. The van der Waals surface area contributed by atoms with Crippen molar-refractivity contribution in [2.45, 2.75) is 20.3 Å². The first-order valence-corrected chi connectivity index (χ1v) is 9.36. The van der Waals surface area contributed by atoms with Crippen LogP contribution in [-0.2, 0) is 14.4 Å². The minimum Gasteiger partial charge on any atom is -0.340 e. The number of rotatable bonds is 8. The molecule has 0 aliphatic carbocycles. The Morgan fingerprint density at radius 1 is 1.07 bits per heavy atom. The van der Waals surface area contributed by atoms with Crippen LogP contribution in [0.3, 0.4) is 0 Å². The second-order valence-electron chi connectivity index (χ2n) is 6.56. The topological polar surface area (TPSA) is 93.8 Å². The molecule has 1 aliphatic heterocycles. The van der Waals surface area contributed by atoms with E-state index in [-0.39, 0.29) is 36.7 Å². The van der Waals surface area contributed by atoms with Gasteiger partial charge in [0.2, 0.25) is 17.7 Å². The molecule has 0 spiro atoms. The Morgan fingerprint density at radius 2 is 1.64 bits per heavy atom. The zero-order valence-electron chi connectivity index (χ0n) is 16.5. The summed E-state index contributed by atoms with van der Waals surface area (Å²) in [7, 11) is 0. The second-order valence-corrected chi connectivity index (χ2v) is 6.56. The van der Waals surface area contributed by atoms with Crippen molar-refractivity contribution < 1.29 is 14.4 Å². The van der Waals surface area contributed by atoms with E-state index in [2.05, 4.69) is 16.0 Å². The average Bonchev–Trinajstić information content (AvgIpc) is 2.66. The lowest BCUT2D eigenvalue weighted by molar-refractivity contribution is -0.132. The summed E-state index contributed by atoms with van der Waals surface area (Å²) in [5, 5.41) is 8.75. The van der Waals surface area contributed by atoms with Gasteiger partial charge in [0.05, 0.1) is 6.54 Å². The molecule has 8 nitrogen and oxygen atoms in total. The molecule has 1 aromatic rings. The first kappa shape index (κ1) is 23.9. The van der Waals surface area contributed by atoms with Crippen LogP contribution in [-0.4, -0.2) is 73.3 Å². The fourth-order valence-corrected chi connectivity index (χ4v) is 2.92. The molecule has 0 saturated carbocycles. The lowest BCUT2D eigenvalue weighted by Crippen LogP contribution is -2.47. The van der Waals surface area contributed by atoms with Gasteiger partial charge in [0.15, 0.2) is 0 Å². The van der Waals surface area contributed by atoms with Crippen molar-refractivity contribution >= 4 is 41.5 Å². The van der Waals surface area contributed by atoms with Crippen molar-refractivity contribution in [1.29, 1.82) is 0 Å². The fourth-order valence-electron chi connectivity index (χ4n) is 2.92. The van der Waals surface area contributed by atoms with Crippen LogP contribution < -0.4 is 16.0 Å². The van der Waals surface area contributed by atoms with Gasteiger partial charge in [0, 0.05) is 57.4 Å². The summed E-state index contributed by atoms with van der Waals surface area (Å²) in [5.41, 5.74) is 1.35. The molecular formula is C19H30ClN5O3. The number of anilines is 2. The van der Waals surface area contributed by atoms with Gasteiger partial charge < -0.3 is 20.9 Å². The van der Waals surface area contributed by atoms with Crippen LogP contribution in [0.2, 0.25) is 0 Å². The van der Waals surface area contributed by atoms with E-state index in [1.165, 1.54) is 6.92 Å². The summed E-state index contributed by atoms with van der Waals surface area (Å²) in [6.45, 7) is 8.10. The van der Waals surface area contributed by atoms with Crippen LogP contribution in [0.15, 0.2) is 24.3 Å². The van der Waals surface area contributed by atoms with Crippen molar-refractivity contribution in [3.8, 4) is 0 Å². The molecule has 9 heteroatoms. The number of hydrogen-bond acceptors (Lipinski definition) is 5. The Morgan fingerprint density at radius 3 is 2.18 bits per heavy atom. The van der Waals surface area contributed by atoms with Gasteiger partial charge >= 0.3 is 0 Å². The monoisotopic (exact) mass is 411 g/mol. The zero-order chi connectivity index (χ0) is 19.6. The Bertz CT molecular complexity index is 647.